The van der Waals surface area contributed by atoms with E-state index in [1.807, 2.05) is 12.3 Å². The molecule has 0 radical (unpaired) electrons. The zero-order valence-electron chi connectivity index (χ0n) is 10.9. The van der Waals surface area contributed by atoms with Gasteiger partial charge in [0.05, 0.1) is 18.0 Å². The van der Waals surface area contributed by atoms with Gasteiger partial charge in [-0.3, -0.25) is 4.79 Å². The highest BCUT2D eigenvalue weighted by Gasteiger charge is 2.28. The molecule has 1 N–H and O–H groups in total. The van der Waals surface area contributed by atoms with Gasteiger partial charge in [-0.2, -0.15) is 16.4 Å². The topological polar surface area (TPSA) is 58.2 Å². The second kappa shape index (κ2) is 5.55. The monoisotopic (exact) mass is 311 g/mol. The largest absolute Gasteiger partial charge is 0.367 e. The van der Waals surface area contributed by atoms with E-state index in [1.165, 1.54) is 0 Å². The number of halogens is 1. The van der Waals surface area contributed by atoms with Gasteiger partial charge in [-0.25, -0.2) is 5.10 Å². The smallest absolute Gasteiger partial charge is 0.285 e. The van der Waals surface area contributed by atoms with E-state index in [1.54, 1.807) is 17.5 Å². The lowest BCUT2D eigenvalue weighted by atomic mass is 10.1. The average molecular weight is 312 g/mol. The molecule has 2 aromatic rings. The van der Waals surface area contributed by atoms with Crippen molar-refractivity contribution in [3.8, 4) is 0 Å². The maximum absolute atomic E-state index is 11.6. The number of aromatic nitrogens is 2. The summed E-state index contributed by atoms with van der Waals surface area (Å²) in [4.78, 5) is 13.6. The summed E-state index contributed by atoms with van der Waals surface area (Å²) in [6, 6.07) is 2.06. The summed E-state index contributed by atoms with van der Waals surface area (Å²) >= 11 is 7.73. The number of nitrogens with one attached hydrogen (secondary N) is 1. The van der Waals surface area contributed by atoms with Crippen LogP contribution < -0.4 is 10.5 Å². The lowest BCUT2D eigenvalue weighted by Gasteiger charge is -2.38. The van der Waals surface area contributed by atoms with Gasteiger partial charge in [0.2, 0.25) is 0 Å². The lowest BCUT2D eigenvalue weighted by molar-refractivity contribution is -0.0171. The molecule has 0 aromatic carbocycles. The first-order valence-electron chi connectivity index (χ1n) is 6.31. The first-order chi connectivity index (χ1) is 9.65. The number of rotatable bonds is 2. The number of aromatic amines is 1. The van der Waals surface area contributed by atoms with Gasteiger partial charge >= 0.3 is 0 Å². The molecule has 3 heterocycles. The van der Waals surface area contributed by atoms with Crippen molar-refractivity contribution in [1.29, 1.82) is 0 Å². The van der Waals surface area contributed by atoms with Crippen molar-refractivity contribution < 1.29 is 4.74 Å². The quantitative estimate of drug-likeness (QED) is 0.925. The number of ether oxygens (including phenoxy) is 1. The normalized spacial score (nSPS) is 23.0. The van der Waals surface area contributed by atoms with Gasteiger partial charge in [0, 0.05) is 13.1 Å². The van der Waals surface area contributed by atoms with Crippen LogP contribution in [-0.4, -0.2) is 29.4 Å². The molecule has 1 saturated heterocycles. The maximum Gasteiger partial charge on any atom is 0.285 e. The van der Waals surface area contributed by atoms with Gasteiger partial charge in [-0.1, -0.05) is 11.6 Å². The number of hydrogen-bond donors (Lipinski definition) is 1. The average Bonchev–Trinajstić information content (AvgIpc) is 2.95. The number of anilines is 1. The standard InChI is InChI=1S/C13H14ClN3O2S/c1-8-5-17(10-4-15-16-13(18)12(10)14)6-11(19-8)9-2-3-20-7-9/h2-4,7-8,11H,5-6H2,1H3,(H,16,18). The highest BCUT2D eigenvalue weighted by atomic mass is 35.5. The molecule has 0 amide bonds. The van der Waals surface area contributed by atoms with Crippen LogP contribution in [0.5, 0.6) is 0 Å². The minimum absolute atomic E-state index is 0.0136. The SMILES string of the molecule is CC1CN(c2cn[nH]c(=O)c2Cl)CC(c2ccsc2)O1. The molecular formula is C13H14ClN3O2S. The van der Waals surface area contributed by atoms with Crippen molar-refractivity contribution >= 4 is 28.6 Å². The van der Waals surface area contributed by atoms with Gasteiger partial charge < -0.3 is 9.64 Å². The van der Waals surface area contributed by atoms with E-state index in [-0.39, 0.29) is 22.8 Å². The van der Waals surface area contributed by atoms with Crippen molar-refractivity contribution in [2.75, 3.05) is 18.0 Å². The molecule has 1 aliphatic rings. The molecule has 2 aromatic heterocycles. The Morgan fingerprint density at radius 1 is 1.55 bits per heavy atom. The van der Waals surface area contributed by atoms with Crippen LogP contribution in [0, 0.1) is 0 Å². The fourth-order valence-corrected chi connectivity index (χ4v) is 3.30. The maximum atomic E-state index is 11.6. The van der Waals surface area contributed by atoms with E-state index >= 15 is 0 Å². The summed E-state index contributed by atoms with van der Waals surface area (Å²) < 4.78 is 5.97. The molecule has 0 saturated carbocycles. The van der Waals surface area contributed by atoms with Crippen LogP contribution in [0.25, 0.3) is 0 Å². The Labute approximate surface area is 125 Å². The Hall–Kier alpha value is -1.37. The molecule has 0 aliphatic carbocycles. The minimum atomic E-state index is -0.365. The molecule has 1 aliphatic heterocycles. The van der Waals surface area contributed by atoms with Crippen LogP contribution in [0.2, 0.25) is 5.02 Å². The highest BCUT2D eigenvalue weighted by Crippen LogP contribution is 2.31. The molecule has 5 nitrogen and oxygen atoms in total. The van der Waals surface area contributed by atoms with Gasteiger partial charge in [0.15, 0.2) is 0 Å². The third kappa shape index (κ3) is 2.59. The molecule has 106 valence electrons. The molecule has 20 heavy (non-hydrogen) atoms. The Morgan fingerprint density at radius 2 is 2.40 bits per heavy atom. The molecule has 1 fully saturated rings. The van der Waals surface area contributed by atoms with Crippen LogP contribution in [0.1, 0.15) is 18.6 Å². The molecule has 0 spiro atoms. The number of morpholine rings is 1. The van der Waals surface area contributed by atoms with E-state index in [9.17, 15) is 4.79 Å². The third-order valence-electron chi connectivity index (χ3n) is 3.29. The predicted octanol–water partition coefficient (Wildman–Crippen LogP) is 2.45. The molecule has 3 rings (SSSR count). The summed E-state index contributed by atoms with van der Waals surface area (Å²) in [6.45, 7) is 3.36. The van der Waals surface area contributed by atoms with Gasteiger partial charge in [-0.05, 0) is 29.3 Å². The van der Waals surface area contributed by atoms with Crippen LogP contribution in [0.3, 0.4) is 0 Å². The second-order valence-corrected chi connectivity index (χ2v) is 5.95. The van der Waals surface area contributed by atoms with Gasteiger partial charge in [0.1, 0.15) is 11.1 Å². The van der Waals surface area contributed by atoms with Crippen LogP contribution in [0.15, 0.2) is 27.8 Å². The van der Waals surface area contributed by atoms with Crippen LogP contribution in [-0.2, 0) is 4.74 Å². The first-order valence-corrected chi connectivity index (χ1v) is 7.63. The van der Waals surface area contributed by atoms with Crippen LogP contribution >= 0.6 is 22.9 Å². The van der Waals surface area contributed by atoms with E-state index in [0.717, 1.165) is 5.56 Å². The van der Waals surface area contributed by atoms with Gasteiger partial charge in [-0.15, -0.1) is 0 Å². The lowest BCUT2D eigenvalue weighted by Crippen LogP contribution is -2.43. The number of H-pyrrole nitrogens is 1. The minimum Gasteiger partial charge on any atom is -0.367 e. The van der Waals surface area contributed by atoms with Gasteiger partial charge in [0.25, 0.3) is 5.56 Å². The highest BCUT2D eigenvalue weighted by molar-refractivity contribution is 7.07. The van der Waals surface area contributed by atoms with Crippen LogP contribution in [0.4, 0.5) is 5.69 Å². The zero-order chi connectivity index (χ0) is 14.1. The Balaban J connectivity index is 1.90. The number of hydrogen-bond acceptors (Lipinski definition) is 5. The van der Waals surface area contributed by atoms with Crippen molar-refractivity contribution in [2.45, 2.75) is 19.1 Å². The Morgan fingerprint density at radius 3 is 3.15 bits per heavy atom. The fourth-order valence-electron chi connectivity index (χ4n) is 2.39. The third-order valence-corrected chi connectivity index (χ3v) is 4.36. The number of thiophene rings is 1. The second-order valence-electron chi connectivity index (χ2n) is 4.80. The Kier molecular flexibility index (Phi) is 3.78. The van der Waals surface area contributed by atoms with Crippen molar-refractivity contribution in [3.05, 3.63) is 44.0 Å². The fraction of sp³-hybridized carbons (Fsp3) is 0.385. The summed E-state index contributed by atoms with van der Waals surface area (Å²) in [5, 5.41) is 10.5. The molecule has 7 heteroatoms. The Bertz CT molecular complexity index is 643. The number of nitrogens with zero attached hydrogens (tertiary/aromatic N) is 2. The zero-order valence-corrected chi connectivity index (χ0v) is 12.4. The summed E-state index contributed by atoms with van der Waals surface area (Å²) in [7, 11) is 0. The first kappa shape index (κ1) is 13.6. The van der Waals surface area contributed by atoms with E-state index in [2.05, 4.69) is 26.5 Å². The van der Waals surface area contributed by atoms with Crippen molar-refractivity contribution in [3.63, 3.8) is 0 Å². The van der Waals surface area contributed by atoms with E-state index in [4.69, 9.17) is 16.3 Å². The van der Waals surface area contributed by atoms with E-state index < -0.39 is 0 Å². The molecule has 2 unspecified atom stereocenters. The van der Waals surface area contributed by atoms with Crippen molar-refractivity contribution in [1.82, 2.24) is 10.2 Å². The molecule has 0 bridgehead atoms. The predicted molar refractivity (Wildman–Crippen MR) is 79.7 cm³/mol. The summed E-state index contributed by atoms with van der Waals surface area (Å²) in [5.74, 6) is 0. The summed E-state index contributed by atoms with van der Waals surface area (Å²) in [5.41, 5.74) is 1.45. The van der Waals surface area contributed by atoms with Crippen molar-refractivity contribution in [2.24, 2.45) is 0 Å². The molecule has 2 atom stereocenters. The summed E-state index contributed by atoms with van der Waals surface area (Å²) in [6.07, 6.45) is 1.64. The molecular weight excluding hydrogens is 298 g/mol. The van der Waals surface area contributed by atoms with E-state index in [0.29, 0.717) is 18.8 Å².